The second kappa shape index (κ2) is 13.8. The van der Waals surface area contributed by atoms with E-state index in [0.29, 0.717) is 6.67 Å². The first kappa shape index (κ1) is 34.3. The molecule has 4 aromatic heterocycles. The van der Waals surface area contributed by atoms with E-state index in [0.717, 1.165) is 84.1 Å². The Morgan fingerprint density at radius 1 is 0.544 bits per heavy atom. The molecule has 0 unspecified atom stereocenters. The smallest absolute Gasteiger partial charge is 0.159 e. The summed E-state index contributed by atoms with van der Waals surface area (Å²) >= 11 is 0. The Hall–Kier alpha value is -7.18. The zero-order valence-corrected chi connectivity index (χ0v) is 32.2. The molecule has 0 fully saturated rings. The molecule has 0 amide bonds. The van der Waals surface area contributed by atoms with Crippen molar-refractivity contribution in [1.29, 1.82) is 0 Å². The van der Waals surface area contributed by atoms with Crippen molar-refractivity contribution in [2.75, 3.05) is 16.5 Å². The van der Waals surface area contributed by atoms with Gasteiger partial charge < -0.3 is 14.2 Å². The molecule has 6 heteroatoms. The maximum atomic E-state index is 6.17. The average molecular weight is 740 g/mol. The standard InChI is InChI=1S/C51H41N5O/c1-51(2,3)39-26-29-52-46(33-39)56-43-27-30-57-49(43)42-25-24-38(32-45(42)56)48(47(35-15-7-4-8-16-35)36-17-9-5-10-18-36)37-19-13-22-41(31-37)55-34-54(40-20-11-6-12-21-40)44-23-14-28-53-50(44)55/h4-33H,34H2,1-3H3. The number of hydrogen-bond donors (Lipinski definition) is 0. The lowest BCUT2D eigenvalue weighted by Gasteiger charge is -2.23. The summed E-state index contributed by atoms with van der Waals surface area (Å²) in [6.45, 7) is 7.35. The van der Waals surface area contributed by atoms with Crippen LogP contribution in [0.1, 0.15) is 48.6 Å². The van der Waals surface area contributed by atoms with E-state index < -0.39 is 0 Å². The minimum atomic E-state index is -0.0357. The SMILES string of the molecule is CC(C)(C)c1ccnc(-n2c3cc(C(=C(c4ccccc4)c4ccccc4)c4cccc(N5CN(c6ccccc6)c6cccnc65)c4)ccc3c3occc32)c1. The minimum absolute atomic E-state index is 0.0357. The zero-order chi connectivity index (χ0) is 38.5. The van der Waals surface area contributed by atoms with Crippen molar-refractivity contribution < 1.29 is 4.42 Å². The van der Waals surface area contributed by atoms with Crippen molar-refractivity contribution in [3.05, 3.63) is 210 Å². The van der Waals surface area contributed by atoms with Crippen LogP contribution in [0.2, 0.25) is 0 Å². The molecule has 1 aliphatic heterocycles. The van der Waals surface area contributed by atoms with Gasteiger partial charge in [-0.05, 0) is 105 Å². The predicted molar refractivity (Wildman–Crippen MR) is 234 cm³/mol. The van der Waals surface area contributed by atoms with Gasteiger partial charge in [-0.3, -0.25) is 4.57 Å². The number of aromatic nitrogens is 3. The van der Waals surface area contributed by atoms with Crippen molar-refractivity contribution in [3.63, 3.8) is 0 Å². The quantitative estimate of drug-likeness (QED) is 0.152. The summed E-state index contributed by atoms with van der Waals surface area (Å²) in [7, 11) is 0. The van der Waals surface area contributed by atoms with Crippen molar-refractivity contribution >= 4 is 56.0 Å². The van der Waals surface area contributed by atoms with Gasteiger partial charge in [0.1, 0.15) is 12.5 Å². The summed E-state index contributed by atoms with van der Waals surface area (Å²) in [6, 6.07) is 58.2. The van der Waals surface area contributed by atoms with E-state index in [1.807, 2.05) is 24.5 Å². The monoisotopic (exact) mass is 739 g/mol. The summed E-state index contributed by atoms with van der Waals surface area (Å²) < 4.78 is 8.41. The Kier molecular flexibility index (Phi) is 8.33. The average Bonchev–Trinajstić information content (AvgIpc) is 3.97. The molecule has 0 saturated heterocycles. The van der Waals surface area contributed by atoms with Gasteiger partial charge in [0.25, 0.3) is 0 Å². The van der Waals surface area contributed by atoms with E-state index in [4.69, 9.17) is 14.4 Å². The molecule has 0 bridgehead atoms. The number of rotatable bonds is 7. The molecule has 6 nitrogen and oxygen atoms in total. The third-order valence-electron chi connectivity index (χ3n) is 11.0. The molecule has 0 saturated carbocycles. The van der Waals surface area contributed by atoms with Gasteiger partial charge in [-0.15, -0.1) is 0 Å². The van der Waals surface area contributed by atoms with Crippen LogP contribution >= 0.6 is 0 Å². The van der Waals surface area contributed by atoms with Crippen molar-refractivity contribution in [2.45, 2.75) is 26.2 Å². The van der Waals surface area contributed by atoms with Crippen LogP contribution in [0.5, 0.6) is 0 Å². The van der Waals surface area contributed by atoms with E-state index in [2.05, 4.69) is 187 Å². The number of benzene rings is 5. The van der Waals surface area contributed by atoms with Gasteiger partial charge in [-0.1, -0.05) is 118 Å². The molecule has 0 atom stereocenters. The first-order valence-electron chi connectivity index (χ1n) is 19.4. The molecule has 5 aromatic carbocycles. The fourth-order valence-electron chi connectivity index (χ4n) is 8.20. The summed E-state index contributed by atoms with van der Waals surface area (Å²) in [5.41, 5.74) is 14.1. The van der Waals surface area contributed by atoms with Crippen molar-refractivity contribution in [2.24, 2.45) is 0 Å². The van der Waals surface area contributed by atoms with Crippen LogP contribution < -0.4 is 9.80 Å². The number of fused-ring (bicyclic) bond motifs is 4. The molecule has 0 radical (unpaired) electrons. The van der Waals surface area contributed by atoms with Gasteiger partial charge >= 0.3 is 0 Å². The van der Waals surface area contributed by atoms with E-state index in [1.54, 1.807) is 6.26 Å². The topological polar surface area (TPSA) is 50.3 Å². The summed E-state index contributed by atoms with van der Waals surface area (Å²) in [5, 5.41) is 1.04. The summed E-state index contributed by atoms with van der Waals surface area (Å²) in [4.78, 5) is 14.5. The van der Waals surface area contributed by atoms with Crippen LogP contribution in [0.25, 0.3) is 39.0 Å². The molecule has 10 rings (SSSR count). The fraction of sp³-hybridized carbons (Fsp3) is 0.0980. The number of para-hydroxylation sites is 1. The Morgan fingerprint density at radius 2 is 1.21 bits per heavy atom. The first-order chi connectivity index (χ1) is 27.9. The van der Waals surface area contributed by atoms with Crippen LogP contribution in [-0.2, 0) is 5.41 Å². The molecule has 276 valence electrons. The lowest BCUT2D eigenvalue weighted by atomic mass is 9.85. The van der Waals surface area contributed by atoms with Gasteiger partial charge in [0.15, 0.2) is 11.4 Å². The predicted octanol–water partition coefficient (Wildman–Crippen LogP) is 12.7. The normalized spacial score (nSPS) is 12.7. The van der Waals surface area contributed by atoms with Crippen molar-refractivity contribution in [3.8, 4) is 5.82 Å². The largest absolute Gasteiger partial charge is 0.462 e. The van der Waals surface area contributed by atoms with Gasteiger partial charge in [-0.25, -0.2) is 9.97 Å². The lowest BCUT2D eigenvalue weighted by Crippen LogP contribution is -2.24. The maximum absolute atomic E-state index is 6.17. The Labute approximate surface area is 332 Å². The third-order valence-corrected chi connectivity index (χ3v) is 11.0. The molecular weight excluding hydrogens is 699 g/mol. The molecule has 0 N–H and O–H groups in total. The van der Waals surface area contributed by atoms with Gasteiger partial charge in [0, 0.05) is 35.2 Å². The molecule has 57 heavy (non-hydrogen) atoms. The second-order valence-corrected chi connectivity index (χ2v) is 15.6. The lowest BCUT2D eigenvalue weighted by molar-refractivity contribution is 0.588. The molecule has 5 heterocycles. The first-order valence-corrected chi connectivity index (χ1v) is 19.4. The molecular formula is C51H41N5O. The second-order valence-electron chi connectivity index (χ2n) is 15.6. The highest BCUT2D eigenvalue weighted by Crippen LogP contribution is 2.45. The van der Waals surface area contributed by atoms with E-state index >= 15 is 0 Å². The zero-order valence-electron chi connectivity index (χ0n) is 32.2. The van der Waals surface area contributed by atoms with E-state index in [9.17, 15) is 0 Å². The highest BCUT2D eigenvalue weighted by molar-refractivity contribution is 6.10. The van der Waals surface area contributed by atoms with E-state index in [1.165, 1.54) is 5.56 Å². The Morgan fingerprint density at radius 3 is 1.95 bits per heavy atom. The fourth-order valence-corrected chi connectivity index (χ4v) is 8.20. The number of pyridine rings is 2. The number of hydrogen-bond acceptors (Lipinski definition) is 5. The van der Waals surface area contributed by atoms with Gasteiger partial charge in [0.05, 0.1) is 23.0 Å². The number of anilines is 4. The highest BCUT2D eigenvalue weighted by Gasteiger charge is 2.30. The third kappa shape index (κ3) is 6.07. The Balaban J connectivity index is 1.21. The molecule has 0 aliphatic carbocycles. The van der Waals surface area contributed by atoms with Crippen molar-refractivity contribution in [1.82, 2.24) is 14.5 Å². The van der Waals surface area contributed by atoms with Crippen LogP contribution in [0.4, 0.5) is 22.9 Å². The maximum Gasteiger partial charge on any atom is 0.159 e. The molecule has 9 aromatic rings. The van der Waals surface area contributed by atoms with E-state index in [-0.39, 0.29) is 5.41 Å². The van der Waals surface area contributed by atoms with Crippen LogP contribution in [0.3, 0.4) is 0 Å². The highest BCUT2D eigenvalue weighted by atomic mass is 16.3. The number of nitrogens with zero attached hydrogens (tertiary/aromatic N) is 5. The van der Waals surface area contributed by atoms with Crippen LogP contribution in [0.15, 0.2) is 187 Å². The molecule has 0 spiro atoms. The van der Waals surface area contributed by atoms with Crippen LogP contribution in [0, 0.1) is 0 Å². The Bertz CT molecular complexity index is 2880. The molecule has 1 aliphatic rings. The summed E-state index contributed by atoms with van der Waals surface area (Å²) in [6.07, 6.45) is 5.57. The van der Waals surface area contributed by atoms with Gasteiger partial charge in [0.2, 0.25) is 0 Å². The minimum Gasteiger partial charge on any atom is -0.462 e. The number of furan rings is 1. The van der Waals surface area contributed by atoms with Gasteiger partial charge in [-0.2, -0.15) is 0 Å². The van der Waals surface area contributed by atoms with Crippen LogP contribution in [-0.4, -0.2) is 21.2 Å². The summed E-state index contributed by atoms with van der Waals surface area (Å²) in [5.74, 6) is 1.80.